The number of carbonyl (C=O) groups excluding carboxylic acids is 1. The molecule has 0 spiro atoms. The van der Waals surface area contributed by atoms with Crippen LogP contribution in [0.5, 0.6) is 0 Å². The van der Waals surface area contributed by atoms with Crippen molar-refractivity contribution in [1.82, 2.24) is 24.3 Å². The molecule has 0 radical (unpaired) electrons. The number of nitrogens with zero attached hydrogens (tertiary/aromatic N) is 5. The van der Waals surface area contributed by atoms with Crippen molar-refractivity contribution in [1.29, 1.82) is 0 Å². The van der Waals surface area contributed by atoms with Gasteiger partial charge in [-0.15, -0.1) is 5.92 Å². The molecule has 1 saturated heterocycles. The molecule has 3 N–H and O–H groups in total. The molecule has 8 heteroatoms. The van der Waals surface area contributed by atoms with Gasteiger partial charge in [0.1, 0.15) is 11.6 Å². The maximum atomic E-state index is 12.6. The smallest absolute Gasteiger partial charge is 0.256 e. The third-order valence-corrected chi connectivity index (χ3v) is 6.06. The Labute approximate surface area is 197 Å². The summed E-state index contributed by atoms with van der Waals surface area (Å²) in [6.07, 6.45) is 4.38. The predicted octanol–water partition coefficient (Wildman–Crippen LogP) is 3.44. The summed E-state index contributed by atoms with van der Waals surface area (Å²) in [4.78, 5) is 28.4. The highest BCUT2D eigenvalue weighted by Crippen LogP contribution is 2.33. The number of anilines is 2. The van der Waals surface area contributed by atoms with Gasteiger partial charge < -0.3 is 11.1 Å². The number of rotatable bonds is 5. The minimum Gasteiger partial charge on any atom is -0.369 e. The molecule has 5 rings (SSSR count). The molecule has 1 aliphatic rings. The quantitative estimate of drug-likeness (QED) is 0.451. The van der Waals surface area contributed by atoms with Crippen molar-refractivity contribution < 1.29 is 4.79 Å². The van der Waals surface area contributed by atoms with Gasteiger partial charge in [0.25, 0.3) is 5.91 Å². The number of pyridine rings is 1. The third-order valence-electron chi connectivity index (χ3n) is 6.06. The average Bonchev–Trinajstić information content (AvgIpc) is 3.49. The van der Waals surface area contributed by atoms with E-state index < -0.39 is 0 Å². The molecule has 1 aliphatic heterocycles. The first-order chi connectivity index (χ1) is 16.6. The van der Waals surface area contributed by atoms with Crippen molar-refractivity contribution in [2.24, 2.45) is 0 Å². The molecule has 8 nitrogen and oxygen atoms in total. The fraction of sp³-hybridized carbons (Fsp3) is 0.231. The largest absolute Gasteiger partial charge is 0.369 e. The van der Waals surface area contributed by atoms with Crippen LogP contribution in [0.4, 0.5) is 11.8 Å². The molecule has 1 aromatic carbocycles. The molecule has 0 bridgehead atoms. The maximum Gasteiger partial charge on any atom is 0.256 e. The molecule has 0 unspecified atom stereocenters. The molecule has 1 amide bonds. The van der Waals surface area contributed by atoms with E-state index in [1.165, 1.54) is 0 Å². The summed E-state index contributed by atoms with van der Waals surface area (Å²) in [7, 11) is 0. The number of nitrogen functional groups attached to an aromatic ring is 1. The number of fused-ring (bicyclic) bond motifs is 1. The van der Waals surface area contributed by atoms with E-state index in [4.69, 9.17) is 10.7 Å². The Morgan fingerprint density at radius 3 is 2.76 bits per heavy atom. The number of carbonyl (C=O) groups is 1. The van der Waals surface area contributed by atoms with Crippen molar-refractivity contribution in [2.75, 3.05) is 30.7 Å². The number of benzene rings is 1. The van der Waals surface area contributed by atoms with E-state index in [1.54, 1.807) is 36.7 Å². The van der Waals surface area contributed by atoms with E-state index >= 15 is 0 Å². The van der Waals surface area contributed by atoms with Gasteiger partial charge in [-0.2, -0.15) is 0 Å². The van der Waals surface area contributed by atoms with Crippen LogP contribution >= 0.6 is 0 Å². The normalized spacial score (nSPS) is 15.7. The predicted molar refractivity (Wildman–Crippen MR) is 132 cm³/mol. The average molecular weight is 452 g/mol. The number of likely N-dealkylation sites (tertiary alicyclic amines) is 1. The monoisotopic (exact) mass is 451 g/mol. The standard InChI is InChI=1S/C26H25N7O/c1-2-3-15-32-16-12-20(17-32)23-21-11-14-29-26(27)33(21)24(31-23)18-7-9-19(10-8-18)25(34)30-22-6-4-5-13-28-22/h4-11,13-14,20H,12,15-17H2,1H3,(H2,27,29)(H,28,30,34)/t20-/m1/s1. The van der Waals surface area contributed by atoms with Crippen LogP contribution in [0.15, 0.2) is 60.9 Å². The Morgan fingerprint density at radius 2 is 2.00 bits per heavy atom. The van der Waals surface area contributed by atoms with Gasteiger partial charge in [-0.25, -0.2) is 15.0 Å². The van der Waals surface area contributed by atoms with E-state index in [2.05, 4.69) is 32.0 Å². The van der Waals surface area contributed by atoms with Crippen molar-refractivity contribution in [3.8, 4) is 23.2 Å². The third kappa shape index (κ3) is 4.21. The minimum absolute atomic E-state index is 0.221. The first kappa shape index (κ1) is 21.6. The topological polar surface area (TPSA) is 101 Å². The van der Waals surface area contributed by atoms with Gasteiger partial charge in [0, 0.05) is 36.0 Å². The van der Waals surface area contributed by atoms with E-state index in [0.717, 1.165) is 48.7 Å². The van der Waals surface area contributed by atoms with Crippen molar-refractivity contribution in [3.05, 3.63) is 72.2 Å². The first-order valence-electron chi connectivity index (χ1n) is 11.2. The summed E-state index contributed by atoms with van der Waals surface area (Å²) in [5.74, 6) is 7.81. The second-order valence-corrected chi connectivity index (χ2v) is 8.24. The van der Waals surface area contributed by atoms with Gasteiger partial charge in [0.05, 0.1) is 17.8 Å². The molecule has 34 heavy (non-hydrogen) atoms. The summed E-state index contributed by atoms with van der Waals surface area (Å²) in [6, 6.07) is 14.7. The van der Waals surface area contributed by atoms with E-state index in [-0.39, 0.29) is 5.91 Å². The van der Waals surface area contributed by atoms with Crippen LogP contribution < -0.4 is 11.1 Å². The zero-order valence-electron chi connectivity index (χ0n) is 18.9. The van der Waals surface area contributed by atoms with Crippen LogP contribution in [0.1, 0.15) is 35.3 Å². The molecule has 4 aromatic rings. The minimum atomic E-state index is -0.221. The fourth-order valence-corrected chi connectivity index (χ4v) is 4.36. The summed E-state index contributed by atoms with van der Waals surface area (Å²) in [5.41, 5.74) is 9.66. The molecule has 4 heterocycles. The number of aromatic nitrogens is 4. The van der Waals surface area contributed by atoms with Gasteiger partial charge in [-0.3, -0.25) is 14.1 Å². The van der Waals surface area contributed by atoms with Gasteiger partial charge in [-0.1, -0.05) is 24.1 Å². The number of imidazole rings is 1. The number of hydrogen-bond acceptors (Lipinski definition) is 6. The molecule has 0 aliphatic carbocycles. The van der Waals surface area contributed by atoms with Crippen molar-refractivity contribution >= 4 is 23.2 Å². The fourth-order valence-electron chi connectivity index (χ4n) is 4.36. The number of hydrogen-bond donors (Lipinski definition) is 2. The van der Waals surface area contributed by atoms with Gasteiger partial charge in [0.15, 0.2) is 0 Å². The Hall–Kier alpha value is -4.22. The highest BCUT2D eigenvalue weighted by molar-refractivity contribution is 6.04. The van der Waals surface area contributed by atoms with E-state index in [0.29, 0.717) is 23.2 Å². The SMILES string of the molecule is CC#CCN1CC[C@@H](c2nc(-c3ccc(C(=O)Nc4ccccn4)cc3)n3c(N)nccc23)C1. The lowest BCUT2D eigenvalue weighted by Gasteiger charge is -2.11. The summed E-state index contributed by atoms with van der Waals surface area (Å²) >= 11 is 0. The second-order valence-electron chi connectivity index (χ2n) is 8.24. The number of nitrogens with two attached hydrogens (primary N) is 1. The lowest BCUT2D eigenvalue weighted by atomic mass is 10.0. The summed E-state index contributed by atoms with van der Waals surface area (Å²) in [6.45, 7) is 4.55. The Morgan fingerprint density at radius 1 is 1.15 bits per heavy atom. The van der Waals surface area contributed by atoms with Gasteiger partial charge in [-0.05, 0) is 50.2 Å². The highest BCUT2D eigenvalue weighted by atomic mass is 16.1. The molecular formula is C26H25N7O. The van der Waals surface area contributed by atoms with Crippen LogP contribution in [0.3, 0.4) is 0 Å². The van der Waals surface area contributed by atoms with Crippen molar-refractivity contribution in [3.63, 3.8) is 0 Å². The van der Waals surface area contributed by atoms with Gasteiger partial charge >= 0.3 is 0 Å². The summed E-state index contributed by atoms with van der Waals surface area (Å²) < 4.78 is 1.90. The summed E-state index contributed by atoms with van der Waals surface area (Å²) in [5, 5.41) is 2.80. The van der Waals surface area contributed by atoms with Crippen LogP contribution in [-0.2, 0) is 0 Å². The van der Waals surface area contributed by atoms with Crippen LogP contribution in [-0.4, -0.2) is 49.8 Å². The van der Waals surface area contributed by atoms with Crippen molar-refractivity contribution in [2.45, 2.75) is 19.3 Å². The van der Waals surface area contributed by atoms with E-state index in [9.17, 15) is 4.79 Å². The van der Waals surface area contributed by atoms with Gasteiger partial charge in [0.2, 0.25) is 5.95 Å². The Bertz CT molecular complexity index is 1380. The Balaban J connectivity index is 1.44. The lowest BCUT2D eigenvalue weighted by molar-refractivity contribution is 0.102. The highest BCUT2D eigenvalue weighted by Gasteiger charge is 2.28. The van der Waals surface area contributed by atoms with Crippen LogP contribution in [0, 0.1) is 11.8 Å². The number of amides is 1. The molecule has 1 fully saturated rings. The Kier molecular flexibility index (Phi) is 5.93. The van der Waals surface area contributed by atoms with Crippen LogP contribution in [0.2, 0.25) is 0 Å². The lowest BCUT2D eigenvalue weighted by Crippen LogP contribution is -2.20. The maximum absolute atomic E-state index is 12.6. The molecule has 170 valence electrons. The second kappa shape index (κ2) is 9.33. The molecular weight excluding hydrogens is 426 g/mol. The molecule has 0 saturated carbocycles. The number of nitrogens with one attached hydrogen (secondary N) is 1. The molecule has 3 aromatic heterocycles. The van der Waals surface area contributed by atoms with E-state index in [1.807, 2.05) is 35.6 Å². The van der Waals surface area contributed by atoms with Crippen LogP contribution in [0.25, 0.3) is 16.9 Å². The first-order valence-corrected chi connectivity index (χ1v) is 11.2. The zero-order chi connectivity index (χ0) is 23.5. The molecule has 1 atom stereocenters. The zero-order valence-corrected chi connectivity index (χ0v) is 18.9.